The third-order valence-corrected chi connectivity index (χ3v) is 3.75. The maximum Gasteiger partial charge on any atom is 0.322 e. The quantitative estimate of drug-likeness (QED) is 0.753. The maximum atomic E-state index is 12.1. The van der Waals surface area contributed by atoms with E-state index in [-0.39, 0.29) is 11.8 Å². The Balaban J connectivity index is 1.63. The molecule has 0 radical (unpaired) electrons. The molecule has 6 nitrogen and oxygen atoms in total. The molecule has 1 aliphatic rings. The first kappa shape index (κ1) is 15.7. The molecule has 1 fully saturated rings. The smallest absolute Gasteiger partial charge is 0.322 e. The van der Waals surface area contributed by atoms with E-state index in [0.717, 1.165) is 11.1 Å². The van der Waals surface area contributed by atoms with Crippen LogP contribution < -0.4 is 16.0 Å². The highest BCUT2D eigenvalue weighted by Crippen LogP contribution is 2.19. The van der Waals surface area contributed by atoms with E-state index in [9.17, 15) is 14.4 Å². The Morgan fingerprint density at radius 3 is 2.50 bits per heavy atom. The molecule has 6 heteroatoms. The van der Waals surface area contributed by atoms with Crippen molar-refractivity contribution in [3.63, 3.8) is 0 Å². The van der Waals surface area contributed by atoms with Crippen molar-refractivity contribution < 1.29 is 14.4 Å². The van der Waals surface area contributed by atoms with Gasteiger partial charge in [0.25, 0.3) is 5.91 Å². The zero-order chi connectivity index (χ0) is 17.1. The molecule has 24 heavy (non-hydrogen) atoms. The first-order valence-electron chi connectivity index (χ1n) is 7.58. The fraction of sp³-hybridized carbons (Fsp3) is 0.167. The van der Waals surface area contributed by atoms with Crippen LogP contribution in [0.4, 0.5) is 10.5 Å². The summed E-state index contributed by atoms with van der Waals surface area (Å²) in [5, 5.41) is 7.54. The highest BCUT2D eigenvalue weighted by Gasteiger charge is 2.30. The summed E-state index contributed by atoms with van der Waals surface area (Å²) in [6.07, 6.45) is 0.296. The summed E-state index contributed by atoms with van der Waals surface area (Å²) in [7, 11) is 0. The van der Waals surface area contributed by atoms with Crippen molar-refractivity contribution in [2.24, 2.45) is 0 Å². The zero-order valence-electron chi connectivity index (χ0n) is 13.1. The van der Waals surface area contributed by atoms with Crippen molar-refractivity contribution in [3.05, 3.63) is 65.2 Å². The Morgan fingerprint density at radius 1 is 1.12 bits per heavy atom. The molecule has 0 bridgehead atoms. The number of carbonyl (C=O) groups excluding carboxylic acids is 3. The Bertz CT molecular complexity index is 799. The number of amides is 4. The summed E-state index contributed by atoms with van der Waals surface area (Å²) < 4.78 is 0. The van der Waals surface area contributed by atoms with Crippen LogP contribution in [0.15, 0.2) is 48.5 Å². The first-order chi connectivity index (χ1) is 11.5. The molecule has 1 aliphatic heterocycles. The Hall–Kier alpha value is -3.15. The van der Waals surface area contributed by atoms with Crippen molar-refractivity contribution in [2.75, 3.05) is 5.32 Å². The molecule has 1 unspecified atom stereocenters. The number of rotatable bonds is 4. The van der Waals surface area contributed by atoms with Gasteiger partial charge >= 0.3 is 6.03 Å². The van der Waals surface area contributed by atoms with Gasteiger partial charge < -0.3 is 10.6 Å². The second-order valence-corrected chi connectivity index (χ2v) is 5.73. The van der Waals surface area contributed by atoms with E-state index in [1.807, 2.05) is 31.2 Å². The Kier molecular flexibility index (Phi) is 4.29. The highest BCUT2D eigenvalue weighted by atomic mass is 16.2. The molecule has 3 rings (SSSR count). The van der Waals surface area contributed by atoms with E-state index >= 15 is 0 Å². The minimum atomic E-state index is -0.686. The number of carbonyl (C=O) groups is 3. The third-order valence-electron chi connectivity index (χ3n) is 3.75. The molecule has 1 saturated heterocycles. The molecule has 0 spiro atoms. The number of anilines is 1. The standard InChI is InChI=1S/C18H17N3O3/c1-11-3-2-4-12(9-11)10-15(22)19-14-7-5-13(6-8-14)16-17(23)21-18(24)20-16/h2-9,16H,10H2,1H3,(H,19,22)(H2,20,21,23,24). The summed E-state index contributed by atoms with van der Waals surface area (Å²) in [5.41, 5.74) is 3.37. The summed E-state index contributed by atoms with van der Waals surface area (Å²) in [6, 6.07) is 13.4. The number of hydrogen-bond acceptors (Lipinski definition) is 3. The molecular weight excluding hydrogens is 306 g/mol. The molecule has 4 amide bonds. The Morgan fingerprint density at radius 2 is 1.88 bits per heavy atom. The van der Waals surface area contributed by atoms with Crippen LogP contribution in [0, 0.1) is 6.92 Å². The largest absolute Gasteiger partial charge is 0.326 e. The molecule has 1 heterocycles. The molecule has 122 valence electrons. The minimum absolute atomic E-state index is 0.111. The molecule has 0 saturated carbocycles. The van der Waals surface area contributed by atoms with Crippen LogP contribution in [0.5, 0.6) is 0 Å². The fourth-order valence-corrected chi connectivity index (χ4v) is 2.62. The number of hydrogen-bond donors (Lipinski definition) is 3. The van der Waals surface area contributed by atoms with Gasteiger partial charge in [-0.05, 0) is 30.2 Å². The summed E-state index contributed by atoms with van der Waals surface area (Å²) in [6.45, 7) is 1.98. The lowest BCUT2D eigenvalue weighted by Crippen LogP contribution is -2.22. The van der Waals surface area contributed by atoms with Gasteiger partial charge in [-0.1, -0.05) is 42.0 Å². The Labute approximate surface area is 139 Å². The molecule has 0 aromatic heterocycles. The van der Waals surface area contributed by atoms with Crippen LogP contribution in [0.25, 0.3) is 0 Å². The SMILES string of the molecule is Cc1cccc(CC(=O)Nc2ccc(C3NC(=O)NC3=O)cc2)c1. The number of benzene rings is 2. The third kappa shape index (κ3) is 3.60. The lowest BCUT2D eigenvalue weighted by atomic mass is 10.1. The van der Waals surface area contributed by atoms with E-state index in [2.05, 4.69) is 16.0 Å². The van der Waals surface area contributed by atoms with E-state index in [0.29, 0.717) is 17.7 Å². The molecule has 2 aromatic carbocycles. The highest BCUT2D eigenvalue weighted by molar-refractivity contribution is 6.04. The van der Waals surface area contributed by atoms with Crippen LogP contribution in [0.3, 0.4) is 0 Å². The van der Waals surface area contributed by atoms with Gasteiger partial charge in [0.05, 0.1) is 6.42 Å². The van der Waals surface area contributed by atoms with Crippen LogP contribution >= 0.6 is 0 Å². The lowest BCUT2D eigenvalue weighted by molar-refractivity contribution is -0.120. The summed E-state index contributed by atoms with van der Waals surface area (Å²) in [5.74, 6) is -0.489. The van der Waals surface area contributed by atoms with E-state index in [1.165, 1.54) is 0 Å². The van der Waals surface area contributed by atoms with Gasteiger partial charge in [-0.25, -0.2) is 4.79 Å². The molecular formula is C18H17N3O3. The second-order valence-electron chi connectivity index (χ2n) is 5.73. The van der Waals surface area contributed by atoms with Gasteiger partial charge in [-0.15, -0.1) is 0 Å². The van der Waals surface area contributed by atoms with Crippen LogP contribution in [-0.2, 0) is 16.0 Å². The van der Waals surface area contributed by atoms with Gasteiger partial charge in [-0.3, -0.25) is 14.9 Å². The van der Waals surface area contributed by atoms with Gasteiger partial charge in [0.1, 0.15) is 6.04 Å². The minimum Gasteiger partial charge on any atom is -0.326 e. The molecule has 2 aromatic rings. The van der Waals surface area contributed by atoms with Gasteiger partial charge in [0.2, 0.25) is 5.91 Å². The predicted octanol–water partition coefficient (Wildman–Crippen LogP) is 2.06. The lowest BCUT2D eigenvalue weighted by Gasteiger charge is -2.10. The van der Waals surface area contributed by atoms with E-state index < -0.39 is 12.1 Å². The van der Waals surface area contributed by atoms with Crippen LogP contribution in [-0.4, -0.2) is 17.8 Å². The average Bonchev–Trinajstić information content (AvgIpc) is 2.86. The topological polar surface area (TPSA) is 87.3 Å². The van der Waals surface area contributed by atoms with Crippen molar-refractivity contribution in [3.8, 4) is 0 Å². The van der Waals surface area contributed by atoms with Crippen molar-refractivity contribution >= 4 is 23.5 Å². The number of nitrogens with one attached hydrogen (secondary N) is 3. The van der Waals surface area contributed by atoms with Crippen molar-refractivity contribution in [1.82, 2.24) is 10.6 Å². The maximum absolute atomic E-state index is 12.1. The summed E-state index contributed by atoms with van der Waals surface area (Å²) in [4.78, 5) is 34.9. The van der Waals surface area contributed by atoms with Crippen LogP contribution in [0.1, 0.15) is 22.7 Å². The van der Waals surface area contributed by atoms with Gasteiger partial charge in [-0.2, -0.15) is 0 Å². The molecule has 1 atom stereocenters. The first-order valence-corrected chi connectivity index (χ1v) is 7.58. The monoisotopic (exact) mass is 323 g/mol. The molecule has 3 N–H and O–H groups in total. The van der Waals surface area contributed by atoms with Crippen molar-refractivity contribution in [2.45, 2.75) is 19.4 Å². The van der Waals surface area contributed by atoms with E-state index in [4.69, 9.17) is 0 Å². The fourth-order valence-electron chi connectivity index (χ4n) is 2.62. The predicted molar refractivity (Wildman–Crippen MR) is 89.4 cm³/mol. The van der Waals surface area contributed by atoms with Gasteiger partial charge in [0.15, 0.2) is 0 Å². The normalized spacial score (nSPS) is 16.5. The van der Waals surface area contributed by atoms with E-state index in [1.54, 1.807) is 24.3 Å². The number of aryl methyl sites for hydroxylation is 1. The van der Waals surface area contributed by atoms with Crippen molar-refractivity contribution in [1.29, 1.82) is 0 Å². The molecule has 0 aliphatic carbocycles. The zero-order valence-corrected chi connectivity index (χ0v) is 13.1. The van der Waals surface area contributed by atoms with Crippen LogP contribution in [0.2, 0.25) is 0 Å². The average molecular weight is 323 g/mol. The summed E-state index contributed by atoms with van der Waals surface area (Å²) >= 11 is 0. The van der Waals surface area contributed by atoms with Gasteiger partial charge in [0, 0.05) is 5.69 Å². The number of imide groups is 1. The number of urea groups is 1. The second kappa shape index (κ2) is 6.54.